The molecule has 4 unspecified atom stereocenters. The number of nitrogens with one attached hydrogen (secondary N) is 1. The fraction of sp³-hybridized carbons (Fsp3) is 0.600. The van der Waals surface area contributed by atoms with Crippen molar-refractivity contribution < 1.29 is 24.5 Å². The Kier molecular flexibility index (Phi) is 4.84. The third-order valence-electron chi connectivity index (χ3n) is 6.91. The predicted molar refractivity (Wildman–Crippen MR) is 99.5 cm³/mol. The van der Waals surface area contributed by atoms with Gasteiger partial charge in [-0.05, 0) is 54.7 Å². The highest BCUT2D eigenvalue weighted by atomic mass is 16.5. The molecule has 0 radical (unpaired) electrons. The lowest BCUT2D eigenvalue weighted by molar-refractivity contribution is -0.155. The van der Waals surface area contributed by atoms with Gasteiger partial charge in [0, 0.05) is 6.04 Å². The second-order valence-electron chi connectivity index (χ2n) is 8.35. The number of aliphatic carboxylic acids is 1. The molecule has 0 heterocycles. The maximum absolute atomic E-state index is 12.7. The zero-order valence-electron chi connectivity index (χ0n) is 16.0. The smallest absolute Gasteiger partial charge is 0.312 e. The molecule has 2 aliphatic carbocycles. The lowest BCUT2D eigenvalue weighted by Crippen LogP contribution is -2.56. The minimum absolute atomic E-state index is 0.0203. The van der Waals surface area contributed by atoms with Crippen molar-refractivity contribution in [3.8, 4) is 11.5 Å². The van der Waals surface area contributed by atoms with E-state index >= 15 is 0 Å². The van der Waals surface area contributed by atoms with Crippen LogP contribution in [0.1, 0.15) is 38.7 Å². The molecule has 3 rings (SSSR count). The Balaban J connectivity index is 1.71. The van der Waals surface area contributed by atoms with Crippen LogP contribution in [0.4, 0.5) is 0 Å². The molecule has 0 aromatic heterocycles. The van der Waals surface area contributed by atoms with Gasteiger partial charge in [-0.2, -0.15) is 0 Å². The van der Waals surface area contributed by atoms with Crippen LogP contribution >= 0.6 is 0 Å². The normalized spacial score (nSPS) is 29.3. The second-order valence-corrected chi connectivity index (χ2v) is 8.35. The van der Waals surface area contributed by atoms with E-state index in [-0.39, 0.29) is 29.4 Å². The van der Waals surface area contributed by atoms with Gasteiger partial charge >= 0.3 is 5.97 Å². The Morgan fingerprint density at radius 1 is 1.41 bits per heavy atom. The number of hydrogen-bond donors (Lipinski definition) is 4. The fourth-order valence-electron chi connectivity index (χ4n) is 5.16. The van der Waals surface area contributed by atoms with E-state index in [1.165, 1.54) is 13.2 Å². The van der Waals surface area contributed by atoms with Crippen LogP contribution in [0.5, 0.6) is 11.5 Å². The molecule has 0 aliphatic heterocycles. The summed E-state index contributed by atoms with van der Waals surface area (Å²) in [5, 5.41) is 22.5. The molecule has 2 aliphatic rings. The largest absolute Gasteiger partial charge is 0.504 e. The summed E-state index contributed by atoms with van der Waals surface area (Å²) in [5.74, 6) is -0.561. The summed E-state index contributed by atoms with van der Waals surface area (Å²) in [6.07, 6.45) is 2.40. The summed E-state index contributed by atoms with van der Waals surface area (Å²) in [6.45, 7) is 3.99. The molecule has 1 amide bonds. The number of carbonyl (C=O) groups excluding carboxylic acids is 1. The van der Waals surface area contributed by atoms with Gasteiger partial charge in [-0.25, -0.2) is 0 Å². The highest BCUT2D eigenvalue weighted by Crippen LogP contribution is 2.65. The second kappa shape index (κ2) is 6.71. The minimum atomic E-state index is -0.936. The molecule has 5 N–H and O–H groups in total. The van der Waals surface area contributed by atoms with Crippen molar-refractivity contribution in [1.29, 1.82) is 0 Å². The number of ether oxygens (including phenoxy) is 1. The molecule has 27 heavy (non-hydrogen) atoms. The van der Waals surface area contributed by atoms with Crippen LogP contribution in [-0.4, -0.2) is 41.3 Å². The minimum Gasteiger partial charge on any atom is -0.504 e. The number of hydrogen-bond acceptors (Lipinski definition) is 5. The van der Waals surface area contributed by atoms with E-state index < -0.39 is 23.5 Å². The number of phenolic OH excluding ortho intramolecular Hbond substituents is 1. The number of rotatable bonds is 6. The molecule has 1 aromatic rings. The average molecular weight is 376 g/mol. The summed E-state index contributed by atoms with van der Waals surface area (Å²) in [5.41, 5.74) is 5.55. The Bertz CT molecular complexity index is 763. The third kappa shape index (κ3) is 2.94. The monoisotopic (exact) mass is 376 g/mol. The third-order valence-corrected chi connectivity index (χ3v) is 6.91. The number of benzene rings is 1. The van der Waals surface area contributed by atoms with E-state index in [1.54, 1.807) is 12.1 Å². The van der Waals surface area contributed by atoms with Crippen LogP contribution < -0.4 is 15.8 Å². The first kappa shape index (κ1) is 19.5. The van der Waals surface area contributed by atoms with Crippen molar-refractivity contribution in [3.63, 3.8) is 0 Å². The molecule has 1 aromatic carbocycles. The lowest BCUT2D eigenvalue weighted by atomic mass is 9.67. The molecule has 2 fully saturated rings. The van der Waals surface area contributed by atoms with Gasteiger partial charge in [0.1, 0.15) is 0 Å². The summed E-state index contributed by atoms with van der Waals surface area (Å²) < 4.78 is 5.07. The summed E-state index contributed by atoms with van der Waals surface area (Å²) in [6, 6.07) is 3.60. The Hall–Kier alpha value is -2.28. The maximum atomic E-state index is 12.7. The van der Waals surface area contributed by atoms with Crippen LogP contribution in [0.3, 0.4) is 0 Å². The van der Waals surface area contributed by atoms with Gasteiger partial charge in [-0.15, -0.1) is 0 Å². The van der Waals surface area contributed by atoms with Crippen molar-refractivity contribution in [2.24, 2.45) is 22.5 Å². The van der Waals surface area contributed by atoms with Crippen molar-refractivity contribution >= 4 is 11.9 Å². The van der Waals surface area contributed by atoms with E-state index in [0.29, 0.717) is 18.6 Å². The number of amides is 1. The summed E-state index contributed by atoms with van der Waals surface area (Å²) >= 11 is 0. The van der Waals surface area contributed by atoms with E-state index in [2.05, 4.69) is 5.32 Å². The molecule has 2 saturated carbocycles. The van der Waals surface area contributed by atoms with Gasteiger partial charge in [0.25, 0.3) is 0 Å². The number of fused-ring (bicyclic) bond motifs is 2. The number of aromatic hydroxyl groups is 1. The van der Waals surface area contributed by atoms with Gasteiger partial charge in [0.05, 0.1) is 18.6 Å². The van der Waals surface area contributed by atoms with Gasteiger partial charge in [-0.1, -0.05) is 19.9 Å². The Morgan fingerprint density at radius 3 is 2.70 bits per heavy atom. The van der Waals surface area contributed by atoms with Crippen LogP contribution in [0, 0.1) is 16.7 Å². The molecule has 0 spiro atoms. The number of phenols is 1. The SMILES string of the molecule is COc1cc(CC(N)C(=O)NC2CC3CCC2(C(=O)O)C3(C)C)ccc1O. The van der Waals surface area contributed by atoms with Crippen LogP contribution in [-0.2, 0) is 16.0 Å². The zero-order chi connectivity index (χ0) is 20.0. The number of methoxy groups -OCH3 is 1. The first-order valence-electron chi connectivity index (χ1n) is 9.28. The molecule has 148 valence electrons. The Labute approximate surface area is 158 Å². The average Bonchev–Trinajstić information content (AvgIpc) is 2.99. The highest BCUT2D eigenvalue weighted by molar-refractivity contribution is 5.85. The summed E-state index contributed by atoms with van der Waals surface area (Å²) in [7, 11) is 1.45. The van der Waals surface area contributed by atoms with Gasteiger partial charge in [0.2, 0.25) is 5.91 Å². The molecule has 2 bridgehead atoms. The molecular formula is C20H28N2O5. The molecule has 0 saturated heterocycles. The van der Waals surface area contributed by atoms with E-state index in [9.17, 15) is 19.8 Å². The van der Waals surface area contributed by atoms with Crippen LogP contribution in [0.2, 0.25) is 0 Å². The molecule has 7 nitrogen and oxygen atoms in total. The number of carboxylic acids is 1. The lowest BCUT2D eigenvalue weighted by Gasteiger charge is -2.38. The standard InChI is InChI=1S/C20H28N2O5/c1-19(2)12-6-7-20(19,18(25)26)16(10-12)22-17(24)13(21)8-11-4-5-14(23)15(9-11)27-3/h4-5,9,12-13,16,23H,6-8,10,21H2,1-3H3,(H,22,24)(H,25,26). The first-order valence-corrected chi connectivity index (χ1v) is 9.28. The number of nitrogens with two attached hydrogens (primary N) is 1. The number of carboxylic acid groups (broad SMARTS) is 1. The molecule has 7 heteroatoms. The van der Waals surface area contributed by atoms with Crippen LogP contribution in [0.25, 0.3) is 0 Å². The maximum Gasteiger partial charge on any atom is 0.312 e. The van der Waals surface area contributed by atoms with E-state index in [4.69, 9.17) is 10.5 Å². The first-order chi connectivity index (χ1) is 12.6. The Morgan fingerprint density at radius 2 is 2.11 bits per heavy atom. The predicted octanol–water partition coefficient (Wildman–Crippen LogP) is 1.67. The van der Waals surface area contributed by atoms with Gasteiger partial charge < -0.3 is 26.0 Å². The molecular weight excluding hydrogens is 348 g/mol. The van der Waals surface area contributed by atoms with Crippen molar-refractivity contribution in [3.05, 3.63) is 23.8 Å². The van der Waals surface area contributed by atoms with Crippen molar-refractivity contribution in [2.45, 2.75) is 51.6 Å². The highest BCUT2D eigenvalue weighted by Gasteiger charge is 2.68. The number of carbonyl (C=O) groups is 2. The zero-order valence-corrected chi connectivity index (χ0v) is 16.0. The molecule has 4 atom stereocenters. The fourth-order valence-corrected chi connectivity index (χ4v) is 5.16. The van der Waals surface area contributed by atoms with Crippen LogP contribution in [0.15, 0.2) is 18.2 Å². The van der Waals surface area contributed by atoms with Crippen molar-refractivity contribution in [1.82, 2.24) is 5.32 Å². The van der Waals surface area contributed by atoms with E-state index in [1.807, 2.05) is 13.8 Å². The van der Waals surface area contributed by atoms with Crippen molar-refractivity contribution in [2.75, 3.05) is 7.11 Å². The van der Waals surface area contributed by atoms with Gasteiger partial charge in [0.15, 0.2) is 11.5 Å². The van der Waals surface area contributed by atoms with Gasteiger partial charge in [-0.3, -0.25) is 9.59 Å². The quantitative estimate of drug-likeness (QED) is 0.599. The topological polar surface area (TPSA) is 122 Å². The van der Waals surface area contributed by atoms with E-state index in [0.717, 1.165) is 12.0 Å². The summed E-state index contributed by atoms with van der Waals surface area (Å²) in [4.78, 5) is 24.8.